The summed E-state index contributed by atoms with van der Waals surface area (Å²) in [6.07, 6.45) is 1.83. The van der Waals surface area contributed by atoms with Gasteiger partial charge in [0, 0.05) is 39.4 Å². The van der Waals surface area contributed by atoms with Crippen LogP contribution in [0.4, 0.5) is 0 Å². The summed E-state index contributed by atoms with van der Waals surface area (Å²) in [6, 6.07) is -0.331. The fraction of sp³-hybridized carbons (Fsp3) is 0.917. The molecule has 1 amide bonds. The molecule has 17 heavy (non-hydrogen) atoms. The molecule has 0 aromatic rings. The van der Waals surface area contributed by atoms with Gasteiger partial charge < -0.3 is 20.3 Å². The summed E-state index contributed by atoms with van der Waals surface area (Å²) < 4.78 is 5.30. The molecule has 0 aromatic carbocycles. The first-order valence-corrected chi connectivity index (χ1v) is 6.49. The fourth-order valence-electron chi connectivity index (χ4n) is 2.51. The van der Waals surface area contributed by atoms with E-state index < -0.39 is 0 Å². The van der Waals surface area contributed by atoms with E-state index in [4.69, 9.17) is 10.5 Å². The molecule has 2 aliphatic heterocycles. The minimum absolute atomic E-state index is 0.130. The molecule has 2 saturated heterocycles. The second-order valence-corrected chi connectivity index (χ2v) is 5.10. The van der Waals surface area contributed by atoms with Crippen molar-refractivity contribution in [1.29, 1.82) is 0 Å². The van der Waals surface area contributed by atoms with Gasteiger partial charge in [0.25, 0.3) is 0 Å². The van der Waals surface area contributed by atoms with Gasteiger partial charge in [-0.2, -0.15) is 0 Å². The number of nitrogens with zero attached hydrogens (tertiary/aromatic N) is 2. The van der Waals surface area contributed by atoms with Crippen molar-refractivity contribution in [1.82, 2.24) is 9.80 Å². The van der Waals surface area contributed by atoms with Gasteiger partial charge in [-0.1, -0.05) is 0 Å². The van der Waals surface area contributed by atoms with Gasteiger partial charge in [0.15, 0.2) is 0 Å². The molecule has 2 aliphatic rings. The lowest BCUT2D eigenvalue weighted by atomic mass is 9.91. The van der Waals surface area contributed by atoms with Gasteiger partial charge in [0.05, 0.1) is 6.04 Å². The zero-order valence-corrected chi connectivity index (χ0v) is 10.6. The SMILES string of the molecule is CN1CCN(C(=O)C(N)C2CCOCC2)CC1. The van der Waals surface area contributed by atoms with Crippen molar-refractivity contribution in [2.75, 3.05) is 46.4 Å². The Balaban J connectivity index is 1.85. The number of hydrogen-bond donors (Lipinski definition) is 1. The molecule has 0 bridgehead atoms. The van der Waals surface area contributed by atoms with Crippen LogP contribution in [-0.4, -0.2) is 68.2 Å². The van der Waals surface area contributed by atoms with E-state index in [-0.39, 0.29) is 11.9 Å². The van der Waals surface area contributed by atoms with Crippen LogP contribution in [0.1, 0.15) is 12.8 Å². The number of rotatable bonds is 2. The molecule has 1 unspecified atom stereocenters. The van der Waals surface area contributed by atoms with Gasteiger partial charge in [-0.15, -0.1) is 0 Å². The summed E-state index contributed by atoms with van der Waals surface area (Å²) in [7, 11) is 2.08. The van der Waals surface area contributed by atoms with Gasteiger partial charge in [0.2, 0.25) is 5.91 Å². The van der Waals surface area contributed by atoms with Crippen molar-refractivity contribution < 1.29 is 9.53 Å². The molecule has 0 aliphatic carbocycles. The number of hydrogen-bond acceptors (Lipinski definition) is 4. The highest BCUT2D eigenvalue weighted by atomic mass is 16.5. The Bertz CT molecular complexity index is 258. The van der Waals surface area contributed by atoms with E-state index in [0.717, 1.165) is 52.2 Å². The molecule has 2 heterocycles. The summed E-state index contributed by atoms with van der Waals surface area (Å²) in [4.78, 5) is 16.4. The summed E-state index contributed by atoms with van der Waals surface area (Å²) in [5.74, 6) is 0.431. The lowest BCUT2D eigenvalue weighted by molar-refractivity contribution is -0.136. The standard InChI is InChI=1S/C12H23N3O2/c1-14-4-6-15(7-5-14)12(16)11(13)10-2-8-17-9-3-10/h10-11H,2-9,13H2,1H3. The van der Waals surface area contributed by atoms with E-state index in [9.17, 15) is 4.79 Å². The van der Waals surface area contributed by atoms with Crippen molar-refractivity contribution in [3.05, 3.63) is 0 Å². The number of ether oxygens (including phenoxy) is 1. The van der Waals surface area contributed by atoms with Crippen LogP contribution in [0.2, 0.25) is 0 Å². The highest BCUT2D eigenvalue weighted by Crippen LogP contribution is 2.19. The van der Waals surface area contributed by atoms with E-state index >= 15 is 0 Å². The molecule has 0 saturated carbocycles. The van der Waals surface area contributed by atoms with Crippen LogP contribution >= 0.6 is 0 Å². The second kappa shape index (κ2) is 5.80. The maximum atomic E-state index is 12.2. The molecular weight excluding hydrogens is 218 g/mol. The average molecular weight is 241 g/mol. The van der Waals surface area contributed by atoms with Gasteiger partial charge in [-0.25, -0.2) is 0 Å². The molecule has 1 atom stereocenters. The van der Waals surface area contributed by atoms with Gasteiger partial charge >= 0.3 is 0 Å². The highest BCUT2D eigenvalue weighted by Gasteiger charge is 2.30. The Hall–Kier alpha value is -0.650. The summed E-state index contributed by atoms with van der Waals surface area (Å²) >= 11 is 0. The third kappa shape index (κ3) is 3.18. The number of likely N-dealkylation sites (N-methyl/N-ethyl adjacent to an activating group) is 1. The van der Waals surface area contributed by atoms with Gasteiger partial charge in [-0.3, -0.25) is 4.79 Å². The molecule has 2 N–H and O–H groups in total. The van der Waals surface area contributed by atoms with E-state index in [1.165, 1.54) is 0 Å². The number of amides is 1. The van der Waals surface area contributed by atoms with Crippen molar-refractivity contribution in [2.24, 2.45) is 11.7 Å². The normalized spacial score (nSPS) is 25.9. The van der Waals surface area contributed by atoms with E-state index in [0.29, 0.717) is 5.92 Å². The van der Waals surface area contributed by atoms with E-state index in [2.05, 4.69) is 11.9 Å². The van der Waals surface area contributed by atoms with Crippen molar-refractivity contribution >= 4 is 5.91 Å². The first kappa shape index (κ1) is 12.8. The van der Waals surface area contributed by atoms with Crippen molar-refractivity contribution in [3.8, 4) is 0 Å². The molecule has 2 rings (SSSR count). The van der Waals surface area contributed by atoms with Gasteiger partial charge in [-0.05, 0) is 25.8 Å². The zero-order chi connectivity index (χ0) is 12.3. The Kier molecular flexibility index (Phi) is 4.36. The zero-order valence-electron chi connectivity index (χ0n) is 10.6. The number of carbonyl (C=O) groups is 1. The predicted octanol–water partition coefficient (Wildman–Crippen LogP) is -0.486. The van der Waals surface area contributed by atoms with Crippen LogP contribution in [0.5, 0.6) is 0 Å². The largest absolute Gasteiger partial charge is 0.381 e. The lowest BCUT2D eigenvalue weighted by Crippen LogP contribution is -2.54. The quantitative estimate of drug-likeness (QED) is 0.709. The smallest absolute Gasteiger partial charge is 0.239 e. The predicted molar refractivity (Wildman–Crippen MR) is 65.6 cm³/mol. The van der Waals surface area contributed by atoms with Crippen LogP contribution in [0.25, 0.3) is 0 Å². The Morgan fingerprint density at radius 1 is 1.24 bits per heavy atom. The van der Waals surface area contributed by atoms with Crippen LogP contribution < -0.4 is 5.73 Å². The molecule has 0 spiro atoms. The van der Waals surface area contributed by atoms with Gasteiger partial charge in [0.1, 0.15) is 0 Å². The minimum atomic E-state index is -0.331. The molecule has 2 fully saturated rings. The van der Waals surface area contributed by atoms with E-state index in [1.807, 2.05) is 4.90 Å². The first-order chi connectivity index (χ1) is 8.18. The third-order valence-corrected chi connectivity index (χ3v) is 3.87. The molecule has 98 valence electrons. The second-order valence-electron chi connectivity index (χ2n) is 5.10. The maximum Gasteiger partial charge on any atom is 0.239 e. The maximum absolute atomic E-state index is 12.2. The van der Waals surface area contributed by atoms with Crippen molar-refractivity contribution in [3.63, 3.8) is 0 Å². The third-order valence-electron chi connectivity index (χ3n) is 3.87. The monoisotopic (exact) mass is 241 g/mol. The Labute approximate surface area is 103 Å². The van der Waals surface area contributed by atoms with Crippen LogP contribution in [0.3, 0.4) is 0 Å². The topological polar surface area (TPSA) is 58.8 Å². The highest BCUT2D eigenvalue weighted by molar-refractivity contribution is 5.82. The summed E-state index contributed by atoms with van der Waals surface area (Å²) in [5.41, 5.74) is 6.10. The first-order valence-electron chi connectivity index (χ1n) is 6.49. The lowest BCUT2D eigenvalue weighted by Gasteiger charge is -2.36. The Morgan fingerprint density at radius 3 is 2.41 bits per heavy atom. The van der Waals surface area contributed by atoms with Crippen molar-refractivity contribution in [2.45, 2.75) is 18.9 Å². The summed E-state index contributed by atoms with van der Waals surface area (Å²) in [5, 5.41) is 0. The molecule has 5 heteroatoms. The minimum Gasteiger partial charge on any atom is -0.381 e. The van der Waals surface area contributed by atoms with E-state index in [1.54, 1.807) is 0 Å². The van der Waals surface area contributed by atoms with Crippen LogP contribution in [0.15, 0.2) is 0 Å². The van der Waals surface area contributed by atoms with Crippen LogP contribution in [-0.2, 0) is 9.53 Å². The molecule has 0 aromatic heterocycles. The molecule has 0 radical (unpaired) electrons. The number of nitrogens with two attached hydrogens (primary N) is 1. The average Bonchev–Trinajstić information content (AvgIpc) is 2.39. The van der Waals surface area contributed by atoms with Crippen LogP contribution in [0, 0.1) is 5.92 Å². The molecular formula is C12H23N3O2. The summed E-state index contributed by atoms with van der Waals surface area (Å²) in [6.45, 7) is 5.01. The number of carbonyl (C=O) groups excluding carboxylic acids is 1. The molecule has 5 nitrogen and oxygen atoms in total. The number of piperazine rings is 1. The fourth-order valence-corrected chi connectivity index (χ4v) is 2.51. The Morgan fingerprint density at radius 2 is 1.82 bits per heavy atom.